The van der Waals surface area contributed by atoms with E-state index in [0.717, 1.165) is 48.2 Å². The second-order valence-corrected chi connectivity index (χ2v) is 8.72. The molecule has 5 rings (SSSR count). The minimum Gasteiger partial charge on any atom is -0.335 e. The molecule has 1 fully saturated rings. The van der Waals surface area contributed by atoms with E-state index in [2.05, 4.69) is 27.0 Å². The molecule has 1 aliphatic heterocycles. The number of nitrogens with zero attached hydrogens (tertiary/aromatic N) is 7. The number of hydrogen-bond acceptors (Lipinski definition) is 5. The summed E-state index contributed by atoms with van der Waals surface area (Å²) in [6, 6.07) is 11.6. The van der Waals surface area contributed by atoms with Crippen LogP contribution in [0.15, 0.2) is 48.8 Å². The third kappa shape index (κ3) is 4.24. The summed E-state index contributed by atoms with van der Waals surface area (Å²) in [6.07, 6.45) is 3.59. The van der Waals surface area contributed by atoms with Crippen molar-refractivity contribution in [3.05, 3.63) is 70.8 Å². The molecule has 1 aromatic carbocycles. The van der Waals surface area contributed by atoms with E-state index in [1.165, 1.54) is 5.56 Å². The van der Waals surface area contributed by atoms with E-state index in [9.17, 15) is 4.79 Å². The number of carbonyl (C=O) groups is 1. The number of halogens is 1. The number of aryl methyl sites for hydroxylation is 1. The van der Waals surface area contributed by atoms with Crippen LogP contribution in [0.2, 0.25) is 5.02 Å². The predicted molar refractivity (Wildman–Crippen MR) is 127 cm³/mol. The molecule has 9 heteroatoms. The second-order valence-electron chi connectivity index (χ2n) is 8.28. The van der Waals surface area contributed by atoms with Gasteiger partial charge >= 0.3 is 0 Å². The Kier molecular flexibility index (Phi) is 5.86. The molecule has 33 heavy (non-hydrogen) atoms. The van der Waals surface area contributed by atoms with Gasteiger partial charge in [0.2, 0.25) is 0 Å². The number of aromatic nitrogens is 5. The third-order valence-electron chi connectivity index (χ3n) is 6.23. The van der Waals surface area contributed by atoms with E-state index in [-0.39, 0.29) is 5.91 Å². The lowest BCUT2D eigenvalue weighted by Crippen LogP contribution is -2.48. The van der Waals surface area contributed by atoms with Crippen molar-refractivity contribution in [2.75, 3.05) is 26.2 Å². The fraction of sp³-hybridized carbons (Fsp3) is 0.333. The SMILES string of the molecule is CCn1ncc(-c2ccnc3cc(C(=O)N4CCN(Cc5ccc(Cl)cc5)CC4)nn23)c1C. The van der Waals surface area contributed by atoms with Crippen molar-refractivity contribution in [1.82, 2.24) is 34.2 Å². The predicted octanol–water partition coefficient (Wildman–Crippen LogP) is 3.53. The van der Waals surface area contributed by atoms with Gasteiger partial charge in [-0.25, -0.2) is 9.50 Å². The van der Waals surface area contributed by atoms with Gasteiger partial charge in [0.15, 0.2) is 11.3 Å². The van der Waals surface area contributed by atoms with Crippen molar-refractivity contribution in [1.29, 1.82) is 0 Å². The van der Waals surface area contributed by atoms with Gasteiger partial charge in [-0.05, 0) is 37.6 Å². The van der Waals surface area contributed by atoms with Crippen molar-refractivity contribution >= 4 is 23.2 Å². The minimum atomic E-state index is -0.0569. The molecule has 1 amide bonds. The maximum absolute atomic E-state index is 13.2. The quantitative estimate of drug-likeness (QED) is 0.452. The summed E-state index contributed by atoms with van der Waals surface area (Å²) >= 11 is 5.98. The Bertz CT molecular complexity index is 1290. The first-order chi connectivity index (χ1) is 16.0. The molecule has 4 heterocycles. The molecule has 0 atom stereocenters. The first-order valence-electron chi connectivity index (χ1n) is 11.2. The highest BCUT2D eigenvalue weighted by Crippen LogP contribution is 2.24. The highest BCUT2D eigenvalue weighted by molar-refractivity contribution is 6.30. The molecule has 3 aromatic heterocycles. The van der Waals surface area contributed by atoms with Crippen molar-refractivity contribution in [2.24, 2.45) is 0 Å². The summed E-state index contributed by atoms with van der Waals surface area (Å²) < 4.78 is 3.69. The van der Waals surface area contributed by atoms with Gasteiger partial charge in [-0.1, -0.05) is 23.7 Å². The normalized spacial score (nSPS) is 14.8. The van der Waals surface area contributed by atoms with Gasteiger partial charge in [0.05, 0.1) is 11.9 Å². The van der Waals surface area contributed by atoms with Crippen LogP contribution >= 0.6 is 11.6 Å². The molecule has 0 unspecified atom stereocenters. The van der Waals surface area contributed by atoms with Crippen molar-refractivity contribution in [3.63, 3.8) is 0 Å². The van der Waals surface area contributed by atoms with Crippen LogP contribution in [0.25, 0.3) is 16.9 Å². The molecule has 0 saturated carbocycles. The van der Waals surface area contributed by atoms with E-state index in [1.54, 1.807) is 16.8 Å². The Morgan fingerprint density at radius 2 is 1.85 bits per heavy atom. The van der Waals surface area contributed by atoms with Gasteiger partial charge < -0.3 is 4.90 Å². The monoisotopic (exact) mass is 463 g/mol. The summed E-state index contributed by atoms with van der Waals surface area (Å²) in [5.41, 5.74) is 5.22. The fourth-order valence-corrected chi connectivity index (χ4v) is 4.47. The van der Waals surface area contributed by atoms with Crippen LogP contribution in [0.4, 0.5) is 0 Å². The number of fused-ring (bicyclic) bond motifs is 1. The Morgan fingerprint density at radius 1 is 1.09 bits per heavy atom. The topological polar surface area (TPSA) is 71.6 Å². The average Bonchev–Trinajstić information content (AvgIpc) is 3.44. The number of hydrogen-bond donors (Lipinski definition) is 0. The third-order valence-corrected chi connectivity index (χ3v) is 6.49. The van der Waals surface area contributed by atoms with Crippen LogP contribution in [0.1, 0.15) is 28.7 Å². The van der Waals surface area contributed by atoms with E-state index in [0.29, 0.717) is 24.4 Å². The Balaban J connectivity index is 1.31. The van der Waals surface area contributed by atoms with E-state index in [4.69, 9.17) is 11.6 Å². The largest absolute Gasteiger partial charge is 0.335 e. The second kappa shape index (κ2) is 8.96. The summed E-state index contributed by atoms with van der Waals surface area (Å²) in [7, 11) is 0. The molecule has 1 saturated heterocycles. The lowest BCUT2D eigenvalue weighted by atomic mass is 10.2. The summed E-state index contributed by atoms with van der Waals surface area (Å²) in [5.74, 6) is -0.0569. The first-order valence-corrected chi connectivity index (χ1v) is 11.5. The number of rotatable bonds is 5. The molecule has 0 spiro atoms. The number of benzene rings is 1. The van der Waals surface area contributed by atoms with Crippen molar-refractivity contribution in [3.8, 4) is 11.3 Å². The van der Waals surface area contributed by atoms with Gasteiger partial charge in [-0.3, -0.25) is 14.4 Å². The highest BCUT2D eigenvalue weighted by atomic mass is 35.5. The summed E-state index contributed by atoms with van der Waals surface area (Å²) in [4.78, 5) is 21.9. The van der Waals surface area contributed by atoms with Crippen LogP contribution in [0.3, 0.4) is 0 Å². The zero-order valence-corrected chi connectivity index (χ0v) is 19.5. The maximum Gasteiger partial charge on any atom is 0.274 e. The molecular weight excluding hydrogens is 438 g/mol. The molecular formula is C24H26ClN7O. The zero-order chi connectivity index (χ0) is 22.9. The molecule has 4 aromatic rings. The molecule has 1 aliphatic rings. The van der Waals surface area contributed by atoms with Crippen LogP contribution < -0.4 is 0 Å². The van der Waals surface area contributed by atoms with Crippen LogP contribution in [-0.2, 0) is 13.1 Å². The van der Waals surface area contributed by atoms with Gasteiger partial charge in [-0.2, -0.15) is 10.2 Å². The van der Waals surface area contributed by atoms with Gasteiger partial charge in [0, 0.05) is 67.8 Å². The fourth-order valence-electron chi connectivity index (χ4n) is 4.34. The molecule has 0 radical (unpaired) electrons. The Hall–Kier alpha value is -3.23. The smallest absolute Gasteiger partial charge is 0.274 e. The molecule has 0 bridgehead atoms. The van der Waals surface area contributed by atoms with Crippen LogP contribution in [-0.4, -0.2) is 66.3 Å². The molecule has 0 N–H and O–H groups in total. The standard InChI is InChI=1S/C24H26ClN7O/c1-3-31-17(2)20(15-27-31)22-8-9-26-23-14-21(28-32(22)23)24(33)30-12-10-29(11-13-30)16-18-4-6-19(25)7-5-18/h4-9,14-15H,3,10-13,16H2,1-2H3. The van der Waals surface area contributed by atoms with Crippen molar-refractivity contribution in [2.45, 2.75) is 26.9 Å². The summed E-state index contributed by atoms with van der Waals surface area (Å²) in [5, 5.41) is 9.82. The van der Waals surface area contributed by atoms with E-state index < -0.39 is 0 Å². The molecule has 0 aliphatic carbocycles. The molecule has 8 nitrogen and oxygen atoms in total. The Labute approximate surface area is 197 Å². The maximum atomic E-state index is 13.2. The Morgan fingerprint density at radius 3 is 2.55 bits per heavy atom. The lowest BCUT2D eigenvalue weighted by Gasteiger charge is -2.34. The first kappa shape index (κ1) is 21.6. The minimum absolute atomic E-state index is 0.0569. The van der Waals surface area contributed by atoms with Gasteiger partial charge in [0.1, 0.15) is 0 Å². The number of carbonyl (C=O) groups excluding carboxylic acids is 1. The van der Waals surface area contributed by atoms with Crippen LogP contribution in [0, 0.1) is 6.92 Å². The van der Waals surface area contributed by atoms with E-state index >= 15 is 0 Å². The number of amides is 1. The average molecular weight is 464 g/mol. The number of piperazine rings is 1. The van der Waals surface area contributed by atoms with Crippen LogP contribution in [0.5, 0.6) is 0 Å². The van der Waals surface area contributed by atoms with E-state index in [1.807, 2.05) is 53.0 Å². The van der Waals surface area contributed by atoms with Gasteiger partial charge in [0.25, 0.3) is 5.91 Å². The highest BCUT2D eigenvalue weighted by Gasteiger charge is 2.25. The zero-order valence-electron chi connectivity index (χ0n) is 18.8. The van der Waals surface area contributed by atoms with Gasteiger partial charge in [-0.15, -0.1) is 0 Å². The molecule has 170 valence electrons. The lowest BCUT2D eigenvalue weighted by molar-refractivity contribution is 0.0622. The summed E-state index contributed by atoms with van der Waals surface area (Å²) in [6.45, 7) is 8.73. The van der Waals surface area contributed by atoms with Crippen molar-refractivity contribution < 1.29 is 4.79 Å².